The lowest BCUT2D eigenvalue weighted by Gasteiger charge is -2.25. The molecule has 0 spiro atoms. The number of aromatic nitrogens is 2. The van der Waals surface area contributed by atoms with Gasteiger partial charge in [-0.1, -0.05) is 6.42 Å². The largest absolute Gasteiger partial charge is 0.476 e. The first-order chi connectivity index (χ1) is 8.16. The smallest absolute Gasteiger partial charge is 0.356 e. The molecule has 0 atom stereocenters. The average Bonchev–Trinajstić information content (AvgIpc) is 2.27. The molecule has 0 radical (unpaired) electrons. The van der Waals surface area contributed by atoms with E-state index < -0.39 is 5.97 Å². The number of carbonyl (C=O) groups is 2. The number of rotatable bonds is 4. The van der Waals surface area contributed by atoms with Gasteiger partial charge in [0.15, 0.2) is 5.69 Å². The molecule has 1 amide bonds. The fourth-order valence-electron chi connectivity index (χ4n) is 1.58. The number of amides is 1. The number of aromatic carboxylic acids is 1. The third-order valence-corrected chi connectivity index (χ3v) is 2.88. The van der Waals surface area contributed by atoms with Gasteiger partial charge in [-0.15, -0.1) is 0 Å². The van der Waals surface area contributed by atoms with Gasteiger partial charge in [-0.25, -0.2) is 14.8 Å². The predicted molar refractivity (Wildman–Crippen MR) is 58.7 cm³/mol. The molecule has 6 heteroatoms. The molecule has 0 bridgehead atoms. The zero-order chi connectivity index (χ0) is 12.3. The van der Waals surface area contributed by atoms with Crippen molar-refractivity contribution < 1.29 is 14.7 Å². The summed E-state index contributed by atoms with van der Waals surface area (Å²) >= 11 is 0. The lowest BCUT2D eigenvalue weighted by molar-refractivity contribution is 0.0689. The Morgan fingerprint density at radius 2 is 1.94 bits per heavy atom. The summed E-state index contributed by atoms with van der Waals surface area (Å²) in [6, 6.07) is 0. The first kappa shape index (κ1) is 11.5. The van der Waals surface area contributed by atoms with Crippen LogP contribution in [0, 0.1) is 5.92 Å². The van der Waals surface area contributed by atoms with E-state index in [2.05, 4.69) is 15.3 Å². The van der Waals surface area contributed by atoms with E-state index in [-0.39, 0.29) is 17.3 Å². The average molecular weight is 235 g/mol. The van der Waals surface area contributed by atoms with E-state index in [0.29, 0.717) is 12.5 Å². The lowest BCUT2D eigenvalue weighted by Crippen LogP contribution is -2.32. The van der Waals surface area contributed by atoms with Crippen molar-refractivity contribution in [2.45, 2.75) is 19.3 Å². The molecule has 6 nitrogen and oxygen atoms in total. The number of nitrogens with zero attached hydrogens (tertiary/aromatic N) is 2. The van der Waals surface area contributed by atoms with Crippen LogP contribution in [0.15, 0.2) is 12.4 Å². The van der Waals surface area contributed by atoms with Crippen LogP contribution in [0.25, 0.3) is 0 Å². The number of nitrogens with one attached hydrogen (secondary N) is 1. The van der Waals surface area contributed by atoms with Crippen molar-refractivity contribution in [1.29, 1.82) is 0 Å². The van der Waals surface area contributed by atoms with E-state index in [0.717, 1.165) is 19.0 Å². The van der Waals surface area contributed by atoms with Crippen molar-refractivity contribution >= 4 is 11.9 Å². The van der Waals surface area contributed by atoms with Crippen LogP contribution < -0.4 is 5.32 Å². The number of hydrogen-bond acceptors (Lipinski definition) is 4. The Hall–Kier alpha value is -1.98. The topological polar surface area (TPSA) is 92.2 Å². The number of carboxylic acid groups (broad SMARTS) is 1. The summed E-state index contributed by atoms with van der Waals surface area (Å²) in [5, 5.41) is 11.4. The Bertz CT molecular complexity index is 426. The molecule has 1 aromatic heterocycles. The Labute approximate surface area is 98.1 Å². The Balaban J connectivity index is 1.91. The van der Waals surface area contributed by atoms with Gasteiger partial charge in [0.1, 0.15) is 5.69 Å². The van der Waals surface area contributed by atoms with E-state index >= 15 is 0 Å². The highest BCUT2D eigenvalue weighted by Gasteiger charge is 2.18. The van der Waals surface area contributed by atoms with Gasteiger partial charge in [0.2, 0.25) is 0 Å². The molecule has 0 unspecified atom stereocenters. The van der Waals surface area contributed by atoms with Crippen molar-refractivity contribution in [1.82, 2.24) is 15.3 Å². The highest BCUT2D eigenvalue weighted by molar-refractivity contribution is 5.92. The van der Waals surface area contributed by atoms with Gasteiger partial charge in [-0.05, 0) is 18.8 Å². The van der Waals surface area contributed by atoms with Gasteiger partial charge in [0.25, 0.3) is 5.91 Å². The van der Waals surface area contributed by atoms with Crippen LogP contribution in [0.1, 0.15) is 40.2 Å². The molecule has 2 rings (SSSR count). The molecule has 1 fully saturated rings. The standard InChI is InChI=1S/C11H13N3O3/c15-10(14-4-7-2-1-3-7)8-5-13-9(6-12-8)11(16)17/h5-7H,1-4H2,(H,14,15)(H,16,17). The van der Waals surface area contributed by atoms with Gasteiger partial charge in [-0.2, -0.15) is 0 Å². The van der Waals surface area contributed by atoms with Crippen molar-refractivity contribution in [3.63, 3.8) is 0 Å². The second kappa shape index (κ2) is 4.90. The minimum Gasteiger partial charge on any atom is -0.476 e. The molecule has 90 valence electrons. The minimum atomic E-state index is -1.15. The molecule has 2 N–H and O–H groups in total. The van der Waals surface area contributed by atoms with Gasteiger partial charge >= 0.3 is 5.97 Å². The van der Waals surface area contributed by atoms with Crippen LogP contribution in [0.3, 0.4) is 0 Å². The molecular formula is C11H13N3O3. The van der Waals surface area contributed by atoms with Gasteiger partial charge in [0, 0.05) is 6.54 Å². The van der Waals surface area contributed by atoms with E-state index in [1.165, 1.54) is 12.6 Å². The number of hydrogen-bond donors (Lipinski definition) is 2. The summed E-state index contributed by atoms with van der Waals surface area (Å²) in [5.41, 5.74) is -0.0186. The highest BCUT2D eigenvalue weighted by atomic mass is 16.4. The molecule has 1 aliphatic carbocycles. The van der Waals surface area contributed by atoms with Crippen LogP contribution in [0.4, 0.5) is 0 Å². The van der Waals surface area contributed by atoms with Gasteiger partial charge in [-0.3, -0.25) is 4.79 Å². The second-order valence-corrected chi connectivity index (χ2v) is 4.10. The summed E-state index contributed by atoms with van der Waals surface area (Å²) in [4.78, 5) is 29.6. The van der Waals surface area contributed by atoms with Crippen LogP contribution in [0.5, 0.6) is 0 Å². The van der Waals surface area contributed by atoms with Crippen molar-refractivity contribution in [3.8, 4) is 0 Å². The first-order valence-electron chi connectivity index (χ1n) is 5.50. The van der Waals surface area contributed by atoms with E-state index in [1.54, 1.807) is 0 Å². The Kier molecular flexibility index (Phi) is 3.32. The Morgan fingerprint density at radius 1 is 1.29 bits per heavy atom. The molecular weight excluding hydrogens is 222 g/mol. The SMILES string of the molecule is O=C(O)c1cnc(C(=O)NCC2CCC2)cn1. The quantitative estimate of drug-likeness (QED) is 0.801. The molecule has 0 aliphatic heterocycles. The maximum Gasteiger partial charge on any atom is 0.356 e. The molecule has 0 saturated heterocycles. The molecule has 0 aromatic carbocycles. The molecule has 17 heavy (non-hydrogen) atoms. The zero-order valence-corrected chi connectivity index (χ0v) is 9.22. The monoisotopic (exact) mass is 235 g/mol. The first-order valence-corrected chi connectivity index (χ1v) is 5.50. The fourth-order valence-corrected chi connectivity index (χ4v) is 1.58. The van der Waals surface area contributed by atoms with E-state index in [1.807, 2.05) is 0 Å². The molecule has 1 aliphatic rings. The maximum absolute atomic E-state index is 11.6. The predicted octanol–water partition coefficient (Wildman–Crippen LogP) is 0.705. The third kappa shape index (κ3) is 2.77. The summed E-state index contributed by atoms with van der Waals surface area (Å²) in [7, 11) is 0. The number of carbonyl (C=O) groups excluding carboxylic acids is 1. The highest BCUT2D eigenvalue weighted by Crippen LogP contribution is 2.25. The summed E-state index contributed by atoms with van der Waals surface area (Å²) in [6.07, 6.45) is 5.81. The lowest BCUT2D eigenvalue weighted by atomic mass is 9.85. The van der Waals surface area contributed by atoms with Crippen LogP contribution in [-0.2, 0) is 0 Å². The van der Waals surface area contributed by atoms with E-state index in [9.17, 15) is 9.59 Å². The Morgan fingerprint density at radius 3 is 2.41 bits per heavy atom. The van der Waals surface area contributed by atoms with Crippen molar-refractivity contribution in [2.24, 2.45) is 5.92 Å². The molecule has 1 heterocycles. The third-order valence-electron chi connectivity index (χ3n) is 2.88. The fraction of sp³-hybridized carbons (Fsp3) is 0.455. The van der Waals surface area contributed by atoms with Gasteiger partial charge in [0.05, 0.1) is 12.4 Å². The van der Waals surface area contributed by atoms with Crippen LogP contribution in [-0.4, -0.2) is 33.5 Å². The molecule has 1 aromatic rings. The number of carboxylic acids is 1. The normalized spacial score (nSPS) is 15.1. The maximum atomic E-state index is 11.6. The van der Waals surface area contributed by atoms with Crippen LogP contribution in [0.2, 0.25) is 0 Å². The zero-order valence-electron chi connectivity index (χ0n) is 9.22. The van der Waals surface area contributed by atoms with Crippen LogP contribution >= 0.6 is 0 Å². The van der Waals surface area contributed by atoms with Crippen molar-refractivity contribution in [3.05, 3.63) is 23.8 Å². The summed E-state index contributed by atoms with van der Waals surface area (Å²) in [5.74, 6) is -0.884. The molecule has 1 saturated carbocycles. The summed E-state index contributed by atoms with van der Waals surface area (Å²) in [6.45, 7) is 0.654. The second-order valence-electron chi connectivity index (χ2n) is 4.10. The van der Waals surface area contributed by atoms with E-state index in [4.69, 9.17) is 5.11 Å². The van der Waals surface area contributed by atoms with Crippen molar-refractivity contribution in [2.75, 3.05) is 6.54 Å². The minimum absolute atomic E-state index is 0.148. The summed E-state index contributed by atoms with van der Waals surface area (Å²) < 4.78 is 0. The van der Waals surface area contributed by atoms with Gasteiger partial charge < -0.3 is 10.4 Å².